The predicted molar refractivity (Wildman–Crippen MR) is 102 cm³/mol. The Balaban J connectivity index is 1.87. The Labute approximate surface area is 160 Å². The topological polar surface area (TPSA) is 76.1 Å². The van der Waals surface area contributed by atoms with Gasteiger partial charge in [-0.1, -0.05) is 18.2 Å². The van der Waals surface area contributed by atoms with Crippen molar-refractivity contribution < 1.29 is 18.3 Å². The van der Waals surface area contributed by atoms with Crippen LogP contribution in [-0.4, -0.2) is 22.5 Å². The van der Waals surface area contributed by atoms with E-state index in [1.807, 2.05) is 19.1 Å². The van der Waals surface area contributed by atoms with Crippen LogP contribution in [0.25, 0.3) is 0 Å². The van der Waals surface area contributed by atoms with Gasteiger partial charge in [-0.15, -0.1) is 0 Å². The molecule has 0 saturated heterocycles. The molecule has 1 amide bonds. The lowest BCUT2D eigenvalue weighted by atomic mass is 10.2. The van der Waals surface area contributed by atoms with Crippen molar-refractivity contribution in [2.45, 2.75) is 13.8 Å². The van der Waals surface area contributed by atoms with Gasteiger partial charge in [0.25, 0.3) is 5.91 Å². The summed E-state index contributed by atoms with van der Waals surface area (Å²) >= 11 is 0. The highest BCUT2D eigenvalue weighted by molar-refractivity contribution is 6.03. The van der Waals surface area contributed by atoms with Gasteiger partial charge in [0, 0.05) is 5.69 Å². The molecule has 0 bridgehead atoms. The molecular weight excluding hydrogens is 366 g/mol. The summed E-state index contributed by atoms with van der Waals surface area (Å²) in [6, 6.07) is 12.0. The van der Waals surface area contributed by atoms with Crippen molar-refractivity contribution >= 4 is 23.2 Å². The van der Waals surface area contributed by atoms with E-state index in [9.17, 15) is 13.6 Å². The quantitative estimate of drug-likeness (QED) is 0.656. The molecule has 3 rings (SSSR count). The Bertz CT molecular complexity index is 991. The summed E-state index contributed by atoms with van der Waals surface area (Å²) < 4.78 is 33.1. The number of nitrogens with zero attached hydrogens (tertiary/aromatic N) is 2. The number of hydrogen-bond donors (Lipinski definition) is 2. The number of carbonyl (C=O) groups excluding carboxylic acids is 1. The monoisotopic (exact) mass is 384 g/mol. The summed E-state index contributed by atoms with van der Waals surface area (Å²) in [7, 11) is 0. The molecule has 2 aromatic carbocycles. The lowest BCUT2D eigenvalue weighted by Gasteiger charge is -2.12. The number of nitrogens with one attached hydrogen (secondary N) is 2. The van der Waals surface area contributed by atoms with Gasteiger partial charge in [-0.3, -0.25) is 4.79 Å². The second-order valence-corrected chi connectivity index (χ2v) is 5.82. The van der Waals surface area contributed by atoms with E-state index in [2.05, 4.69) is 20.6 Å². The first-order valence-electron chi connectivity index (χ1n) is 8.58. The molecule has 0 atom stereocenters. The number of carbonyl (C=O) groups is 1. The van der Waals surface area contributed by atoms with Crippen LogP contribution in [-0.2, 0) is 0 Å². The Morgan fingerprint density at radius 2 is 1.79 bits per heavy atom. The zero-order chi connectivity index (χ0) is 20.1. The molecule has 0 aliphatic heterocycles. The SMILES string of the molecule is CCOc1ccccc1Nc1nc(C)cc(C(=O)Nc2c(F)cccc2F)n1. The fraction of sp³-hybridized carbons (Fsp3) is 0.150. The Kier molecular flexibility index (Phi) is 5.78. The minimum absolute atomic E-state index is 0.0356. The lowest BCUT2D eigenvalue weighted by molar-refractivity contribution is 0.102. The number of aryl methyl sites for hydroxylation is 1. The number of anilines is 3. The van der Waals surface area contributed by atoms with Gasteiger partial charge < -0.3 is 15.4 Å². The first-order chi connectivity index (χ1) is 13.5. The molecule has 0 unspecified atom stereocenters. The Hall–Kier alpha value is -3.55. The molecule has 0 fully saturated rings. The molecule has 1 aromatic heterocycles. The van der Waals surface area contributed by atoms with Gasteiger partial charge in [0.05, 0.1) is 12.3 Å². The summed E-state index contributed by atoms with van der Waals surface area (Å²) in [6.07, 6.45) is 0. The fourth-order valence-corrected chi connectivity index (χ4v) is 2.51. The summed E-state index contributed by atoms with van der Waals surface area (Å²) in [5.41, 5.74) is 0.568. The smallest absolute Gasteiger partial charge is 0.274 e. The maximum Gasteiger partial charge on any atom is 0.274 e. The first kappa shape index (κ1) is 19.2. The van der Waals surface area contributed by atoms with E-state index in [1.54, 1.807) is 19.1 Å². The van der Waals surface area contributed by atoms with Crippen molar-refractivity contribution in [2.75, 3.05) is 17.2 Å². The third kappa shape index (κ3) is 4.40. The molecule has 0 radical (unpaired) electrons. The molecule has 0 aliphatic rings. The zero-order valence-electron chi connectivity index (χ0n) is 15.3. The highest BCUT2D eigenvalue weighted by atomic mass is 19.1. The van der Waals surface area contributed by atoms with Crippen LogP contribution in [0, 0.1) is 18.6 Å². The van der Waals surface area contributed by atoms with Crippen LogP contribution in [0.15, 0.2) is 48.5 Å². The average Bonchev–Trinajstić information content (AvgIpc) is 2.66. The Morgan fingerprint density at radius 3 is 2.50 bits per heavy atom. The molecule has 144 valence electrons. The number of hydrogen-bond acceptors (Lipinski definition) is 5. The third-order valence-electron chi connectivity index (χ3n) is 3.72. The van der Waals surface area contributed by atoms with Crippen LogP contribution >= 0.6 is 0 Å². The number of amides is 1. The van der Waals surface area contributed by atoms with Crippen LogP contribution in [0.2, 0.25) is 0 Å². The van der Waals surface area contributed by atoms with E-state index in [0.717, 1.165) is 12.1 Å². The predicted octanol–water partition coefficient (Wildman–Crippen LogP) is 4.46. The van der Waals surface area contributed by atoms with Gasteiger partial charge in [0.1, 0.15) is 28.8 Å². The first-order valence-corrected chi connectivity index (χ1v) is 8.58. The zero-order valence-corrected chi connectivity index (χ0v) is 15.3. The van der Waals surface area contributed by atoms with Gasteiger partial charge >= 0.3 is 0 Å². The van der Waals surface area contributed by atoms with E-state index >= 15 is 0 Å². The number of benzene rings is 2. The molecule has 3 aromatic rings. The summed E-state index contributed by atoms with van der Waals surface area (Å²) in [4.78, 5) is 20.9. The van der Waals surface area contributed by atoms with Crippen LogP contribution in [0.5, 0.6) is 5.75 Å². The maximum atomic E-state index is 13.8. The molecule has 28 heavy (non-hydrogen) atoms. The van der Waals surface area contributed by atoms with Crippen molar-refractivity contribution in [3.63, 3.8) is 0 Å². The van der Waals surface area contributed by atoms with E-state index in [0.29, 0.717) is 23.7 Å². The van der Waals surface area contributed by atoms with Gasteiger partial charge in [-0.05, 0) is 44.2 Å². The van der Waals surface area contributed by atoms with Crippen LogP contribution in [0.3, 0.4) is 0 Å². The van der Waals surface area contributed by atoms with Gasteiger partial charge in [0.15, 0.2) is 0 Å². The van der Waals surface area contributed by atoms with Crippen LogP contribution in [0.1, 0.15) is 23.1 Å². The van der Waals surface area contributed by atoms with E-state index < -0.39 is 23.2 Å². The summed E-state index contributed by atoms with van der Waals surface area (Å²) in [5.74, 6) is -1.73. The average molecular weight is 384 g/mol. The molecule has 6 nitrogen and oxygen atoms in total. The minimum atomic E-state index is -0.872. The molecule has 2 N–H and O–H groups in total. The highest BCUT2D eigenvalue weighted by Gasteiger charge is 2.16. The molecule has 0 saturated carbocycles. The number of para-hydroxylation sites is 3. The van der Waals surface area contributed by atoms with Gasteiger partial charge in [-0.2, -0.15) is 0 Å². The standard InChI is InChI=1S/C20H18F2N4O2/c1-3-28-17-10-5-4-9-15(17)24-20-23-12(2)11-16(25-20)19(27)26-18-13(21)7-6-8-14(18)22/h4-11H,3H2,1-2H3,(H,26,27)(H,23,24,25). The number of rotatable bonds is 6. The summed E-state index contributed by atoms with van der Waals surface area (Å²) in [6.45, 7) is 4.03. The van der Waals surface area contributed by atoms with E-state index in [-0.39, 0.29) is 11.6 Å². The van der Waals surface area contributed by atoms with Crippen molar-refractivity contribution in [1.29, 1.82) is 0 Å². The minimum Gasteiger partial charge on any atom is -0.492 e. The van der Waals surface area contributed by atoms with Crippen LogP contribution < -0.4 is 15.4 Å². The normalized spacial score (nSPS) is 10.4. The van der Waals surface area contributed by atoms with Crippen molar-refractivity contribution in [3.8, 4) is 5.75 Å². The van der Waals surface area contributed by atoms with Crippen molar-refractivity contribution in [3.05, 3.63) is 71.6 Å². The molecular formula is C20H18F2N4O2. The highest BCUT2D eigenvalue weighted by Crippen LogP contribution is 2.26. The summed E-state index contributed by atoms with van der Waals surface area (Å²) in [5, 5.41) is 5.22. The molecule has 0 aliphatic carbocycles. The number of halogens is 2. The fourth-order valence-electron chi connectivity index (χ4n) is 2.51. The number of aromatic nitrogens is 2. The second kappa shape index (κ2) is 8.43. The number of ether oxygens (including phenoxy) is 1. The largest absolute Gasteiger partial charge is 0.492 e. The van der Waals surface area contributed by atoms with Crippen LogP contribution in [0.4, 0.5) is 26.1 Å². The van der Waals surface area contributed by atoms with E-state index in [1.165, 1.54) is 12.1 Å². The lowest BCUT2D eigenvalue weighted by Crippen LogP contribution is -2.17. The van der Waals surface area contributed by atoms with Gasteiger partial charge in [0.2, 0.25) is 5.95 Å². The third-order valence-corrected chi connectivity index (χ3v) is 3.72. The van der Waals surface area contributed by atoms with Crippen molar-refractivity contribution in [2.24, 2.45) is 0 Å². The maximum absolute atomic E-state index is 13.8. The molecule has 1 heterocycles. The Morgan fingerprint density at radius 1 is 1.07 bits per heavy atom. The van der Waals surface area contributed by atoms with E-state index in [4.69, 9.17) is 4.74 Å². The molecule has 0 spiro atoms. The molecule has 8 heteroatoms. The second-order valence-electron chi connectivity index (χ2n) is 5.82. The van der Waals surface area contributed by atoms with Crippen molar-refractivity contribution in [1.82, 2.24) is 9.97 Å². The van der Waals surface area contributed by atoms with Gasteiger partial charge in [-0.25, -0.2) is 18.7 Å².